The molecule has 112 valence electrons. The van der Waals surface area contributed by atoms with Gasteiger partial charge in [0.2, 0.25) is 0 Å². The smallest absolute Gasteiger partial charge is 0.258 e. The third kappa shape index (κ3) is 3.81. The molecule has 1 fully saturated rings. The van der Waals surface area contributed by atoms with Crippen LogP contribution in [0.1, 0.15) is 17.5 Å². The van der Waals surface area contributed by atoms with Crippen molar-refractivity contribution in [2.24, 2.45) is 0 Å². The number of benzene rings is 1. The molecule has 0 unspecified atom stereocenters. The zero-order chi connectivity index (χ0) is 15.2. The molecule has 1 atom stereocenters. The van der Waals surface area contributed by atoms with Crippen LogP contribution in [-0.4, -0.2) is 38.4 Å². The molecule has 0 radical (unpaired) electrons. The summed E-state index contributed by atoms with van der Waals surface area (Å²) in [7, 11) is 0. The van der Waals surface area contributed by atoms with Crippen LogP contribution in [0.3, 0.4) is 0 Å². The highest BCUT2D eigenvalue weighted by Crippen LogP contribution is 2.21. The minimum atomic E-state index is -0.584. The zero-order valence-corrected chi connectivity index (χ0v) is 12.5. The van der Waals surface area contributed by atoms with E-state index in [0.29, 0.717) is 19.8 Å². The van der Waals surface area contributed by atoms with Crippen molar-refractivity contribution < 1.29 is 14.3 Å². The SMILES string of the molecule is Cc1ccc(N(CCC#N)C(=O)[C@H]2COCCO2)cc1C. The molecule has 1 aromatic carbocycles. The first-order chi connectivity index (χ1) is 10.1. The number of amides is 1. The summed E-state index contributed by atoms with van der Waals surface area (Å²) in [5, 5.41) is 8.81. The summed E-state index contributed by atoms with van der Waals surface area (Å²) in [6.45, 7) is 5.61. The molecular formula is C16H20N2O3. The minimum Gasteiger partial charge on any atom is -0.376 e. The summed E-state index contributed by atoms with van der Waals surface area (Å²) in [6.07, 6.45) is -0.300. The number of hydrogen-bond donors (Lipinski definition) is 0. The van der Waals surface area contributed by atoms with Gasteiger partial charge in [-0.15, -0.1) is 0 Å². The first-order valence-corrected chi connectivity index (χ1v) is 7.08. The van der Waals surface area contributed by atoms with Gasteiger partial charge >= 0.3 is 0 Å². The highest BCUT2D eigenvalue weighted by molar-refractivity contribution is 5.96. The van der Waals surface area contributed by atoms with Gasteiger partial charge in [-0.05, 0) is 37.1 Å². The maximum Gasteiger partial charge on any atom is 0.258 e. The minimum absolute atomic E-state index is 0.145. The number of carbonyl (C=O) groups excluding carboxylic acids is 1. The van der Waals surface area contributed by atoms with Gasteiger partial charge in [0, 0.05) is 12.2 Å². The molecule has 1 aliphatic heterocycles. The van der Waals surface area contributed by atoms with Crippen LogP contribution in [0.25, 0.3) is 0 Å². The van der Waals surface area contributed by atoms with E-state index in [1.165, 1.54) is 5.56 Å². The number of nitriles is 1. The molecule has 1 aromatic rings. The molecule has 0 N–H and O–H groups in total. The zero-order valence-electron chi connectivity index (χ0n) is 12.5. The Morgan fingerprint density at radius 2 is 2.19 bits per heavy atom. The fourth-order valence-electron chi connectivity index (χ4n) is 2.23. The fraction of sp³-hybridized carbons (Fsp3) is 0.500. The molecule has 0 aliphatic carbocycles. The van der Waals surface area contributed by atoms with Gasteiger partial charge in [0.25, 0.3) is 5.91 Å². The molecule has 0 bridgehead atoms. The Bertz CT molecular complexity index is 545. The van der Waals surface area contributed by atoms with Crippen LogP contribution in [0.5, 0.6) is 0 Å². The van der Waals surface area contributed by atoms with Gasteiger partial charge in [-0.1, -0.05) is 6.07 Å². The summed E-state index contributed by atoms with van der Waals surface area (Å²) in [5.74, 6) is -0.145. The number of aryl methyl sites for hydroxylation is 2. The summed E-state index contributed by atoms with van der Waals surface area (Å²) in [6, 6.07) is 7.94. The second-order valence-corrected chi connectivity index (χ2v) is 5.10. The highest BCUT2D eigenvalue weighted by atomic mass is 16.6. The first kappa shape index (κ1) is 15.5. The molecule has 5 nitrogen and oxygen atoms in total. The standard InChI is InChI=1S/C16H20N2O3/c1-12-4-5-14(10-13(12)2)18(7-3-6-17)16(19)15-11-20-8-9-21-15/h4-5,10,15H,3,7-9,11H2,1-2H3/t15-/m1/s1. The summed E-state index contributed by atoms with van der Waals surface area (Å²) in [5.41, 5.74) is 3.08. The van der Waals surface area contributed by atoms with Crippen molar-refractivity contribution in [1.82, 2.24) is 0 Å². The van der Waals surface area contributed by atoms with Gasteiger partial charge in [0.15, 0.2) is 6.10 Å². The second kappa shape index (κ2) is 7.21. The molecule has 0 spiro atoms. The Morgan fingerprint density at radius 1 is 1.38 bits per heavy atom. The Morgan fingerprint density at radius 3 is 2.81 bits per heavy atom. The van der Waals surface area contributed by atoms with Gasteiger partial charge < -0.3 is 14.4 Å². The lowest BCUT2D eigenvalue weighted by atomic mass is 10.1. The molecule has 0 saturated carbocycles. The van der Waals surface area contributed by atoms with Gasteiger partial charge in [-0.2, -0.15) is 5.26 Å². The average molecular weight is 288 g/mol. The highest BCUT2D eigenvalue weighted by Gasteiger charge is 2.28. The quantitative estimate of drug-likeness (QED) is 0.849. The van der Waals surface area contributed by atoms with Crippen molar-refractivity contribution >= 4 is 11.6 Å². The lowest BCUT2D eigenvalue weighted by molar-refractivity contribution is -0.144. The molecule has 1 saturated heterocycles. The van der Waals surface area contributed by atoms with Crippen molar-refractivity contribution in [3.05, 3.63) is 29.3 Å². The van der Waals surface area contributed by atoms with E-state index in [0.717, 1.165) is 11.3 Å². The van der Waals surface area contributed by atoms with E-state index >= 15 is 0 Å². The molecule has 1 heterocycles. The number of carbonyl (C=O) groups is 1. The summed E-state index contributed by atoms with van der Waals surface area (Å²) < 4.78 is 10.8. The second-order valence-electron chi connectivity index (χ2n) is 5.10. The van der Waals surface area contributed by atoms with Crippen LogP contribution in [-0.2, 0) is 14.3 Å². The third-order valence-electron chi connectivity index (χ3n) is 3.61. The molecule has 21 heavy (non-hydrogen) atoms. The van der Waals surface area contributed by atoms with Crippen molar-refractivity contribution in [2.45, 2.75) is 26.4 Å². The Labute approximate surface area is 125 Å². The van der Waals surface area contributed by atoms with Crippen LogP contribution < -0.4 is 4.90 Å². The first-order valence-electron chi connectivity index (χ1n) is 7.08. The van der Waals surface area contributed by atoms with E-state index in [9.17, 15) is 4.79 Å². The molecular weight excluding hydrogens is 268 g/mol. The van der Waals surface area contributed by atoms with Gasteiger partial charge in [-0.25, -0.2) is 0 Å². The molecule has 5 heteroatoms. The van der Waals surface area contributed by atoms with Crippen LogP contribution >= 0.6 is 0 Å². The van der Waals surface area contributed by atoms with E-state index < -0.39 is 6.10 Å². The maximum absolute atomic E-state index is 12.6. The molecule has 1 amide bonds. The summed E-state index contributed by atoms with van der Waals surface area (Å²) >= 11 is 0. The van der Waals surface area contributed by atoms with Crippen molar-refractivity contribution in [3.63, 3.8) is 0 Å². The van der Waals surface area contributed by atoms with E-state index in [1.807, 2.05) is 32.0 Å². The van der Waals surface area contributed by atoms with Crippen LogP contribution in [0.2, 0.25) is 0 Å². The Balaban J connectivity index is 2.22. The fourth-order valence-corrected chi connectivity index (χ4v) is 2.23. The van der Waals surface area contributed by atoms with Gasteiger partial charge in [0.1, 0.15) is 0 Å². The predicted octanol–water partition coefficient (Wildman–Crippen LogP) is 1.97. The average Bonchev–Trinajstić information content (AvgIpc) is 2.51. The number of rotatable bonds is 4. The van der Waals surface area contributed by atoms with Crippen LogP contribution in [0, 0.1) is 25.2 Å². The number of nitrogens with zero attached hydrogens (tertiary/aromatic N) is 2. The molecule has 0 aromatic heterocycles. The number of ether oxygens (including phenoxy) is 2. The molecule has 1 aliphatic rings. The van der Waals surface area contributed by atoms with Crippen molar-refractivity contribution in [2.75, 3.05) is 31.3 Å². The van der Waals surface area contributed by atoms with Crippen LogP contribution in [0.15, 0.2) is 18.2 Å². The molecule has 2 rings (SSSR count). The van der Waals surface area contributed by atoms with E-state index in [1.54, 1.807) is 4.90 Å². The van der Waals surface area contributed by atoms with Crippen molar-refractivity contribution in [3.8, 4) is 6.07 Å². The van der Waals surface area contributed by atoms with Gasteiger partial charge in [0.05, 0.1) is 32.3 Å². The topological polar surface area (TPSA) is 62.6 Å². The van der Waals surface area contributed by atoms with Crippen LogP contribution in [0.4, 0.5) is 5.69 Å². The van der Waals surface area contributed by atoms with Gasteiger partial charge in [-0.3, -0.25) is 4.79 Å². The lowest BCUT2D eigenvalue weighted by Crippen LogP contribution is -2.46. The van der Waals surface area contributed by atoms with E-state index in [4.69, 9.17) is 14.7 Å². The largest absolute Gasteiger partial charge is 0.376 e. The predicted molar refractivity (Wildman–Crippen MR) is 79.1 cm³/mol. The number of anilines is 1. The Kier molecular flexibility index (Phi) is 5.32. The maximum atomic E-state index is 12.6. The normalized spacial score (nSPS) is 18.0. The monoisotopic (exact) mass is 288 g/mol. The summed E-state index contributed by atoms with van der Waals surface area (Å²) in [4.78, 5) is 14.2. The third-order valence-corrected chi connectivity index (χ3v) is 3.61. The lowest BCUT2D eigenvalue weighted by Gasteiger charge is -2.29. The number of hydrogen-bond acceptors (Lipinski definition) is 4. The van der Waals surface area contributed by atoms with E-state index in [2.05, 4.69) is 6.07 Å². The van der Waals surface area contributed by atoms with E-state index in [-0.39, 0.29) is 18.9 Å². The Hall–Kier alpha value is -1.90. The van der Waals surface area contributed by atoms with Crippen molar-refractivity contribution in [1.29, 1.82) is 5.26 Å².